The second-order valence-corrected chi connectivity index (χ2v) is 4.74. The van der Waals surface area contributed by atoms with Crippen molar-refractivity contribution in [2.75, 3.05) is 39.7 Å². The third kappa shape index (κ3) is 4.50. The van der Waals surface area contributed by atoms with Gasteiger partial charge in [-0.25, -0.2) is 4.68 Å². The van der Waals surface area contributed by atoms with E-state index in [4.69, 9.17) is 16.3 Å². The van der Waals surface area contributed by atoms with Gasteiger partial charge in [0.15, 0.2) is 0 Å². The summed E-state index contributed by atoms with van der Waals surface area (Å²) in [6, 6.07) is 0. The van der Waals surface area contributed by atoms with Crippen LogP contribution >= 0.6 is 11.6 Å². The summed E-state index contributed by atoms with van der Waals surface area (Å²) in [5.74, 6) is -0.00461. The molecular formula is C12H19ClN4O3. The van der Waals surface area contributed by atoms with E-state index in [-0.39, 0.29) is 16.5 Å². The number of carbonyl (C=O) groups excluding carboxylic acids is 1. The Morgan fingerprint density at radius 3 is 2.85 bits per heavy atom. The summed E-state index contributed by atoms with van der Waals surface area (Å²) in [6.45, 7) is 1.11. The maximum atomic E-state index is 11.9. The van der Waals surface area contributed by atoms with Crippen LogP contribution in [0.15, 0.2) is 11.0 Å². The molecule has 0 unspecified atom stereocenters. The van der Waals surface area contributed by atoms with Crippen LogP contribution in [-0.2, 0) is 16.1 Å². The number of rotatable bonds is 7. The molecule has 0 saturated heterocycles. The minimum absolute atomic E-state index is 0.00461. The van der Waals surface area contributed by atoms with E-state index in [0.29, 0.717) is 31.8 Å². The van der Waals surface area contributed by atoms with Crippen molar-refractivity contribution in [3.8, 4) is 0 Å². The van der Waals surface area contributed by atoms with Gasteiger partial charge in [0.1, 0.15) is 5.02 Å². The van der Waals surface area contributed by atoms with Crippen LogP contribution in [-0.4, -0.2) is 54.9 Å². The van der Waals surface area contributed by atoms with Crippen molar-refractivity contribution in [2.45, 2.75) is 13.0 Å². The lowest BCUT2D eigenvalue weighted by molar-refractivity contribution is -0.128. The summed E-state index contributed by atoms with van der Waals surface area (Å²) in [4.78, 5) is 24.8. The van der Waals surface area contributed by atoms with Crippen molar-refractivity contribution < 1.29 is 9.53 Å². The van der Waals surface area contributed by atoms with Crippen LogP contribution in [0.25, 0.3) is 0 Å². The second kappa shape index (κ2) is 7.86. The number of ether oxygens (including phenoxy) is 1. The molecule has 7 nitrogen and oxygen atoms in total. The first-order chi connectivity index (χ1) is 9.47. The molecule has 0 spiro atoms. The standard InChI is InChI=1S/C12H19ClN4O3/c1-16(2)10(18)4-5-14-9-8-15-17(6-7-20-3)12(19)11(9)13/h8,14H,4-7H2,1-3H3. The van der Waals surface area contributed by atoms with Crippen molar-refractivity contribution in [1.29, 1.82) is 0 Å². The topological polar surface area (TPSA) is 76.5 Å². The SMILES string of the molecule is COCCn1ncc(NCCC(=O)N(C)C)c(Cl)c1=O. The average molecular weight is 303 g/mol. The van der Waals surface area contributed by atoms with Gasteiger partial charge in [-0.1, -0.05) is 11.6 Å². The Hall–Kier alpha value is -1.60. The van der Waals surface area contributed by atoms with E-state index in [1.54, 1.807) is 21.2 Å². The Morgan fingerprint density at radius 1 is 1.55 bits per heavy atom. The van der Waals surface area contributed by atoms with E-state index >= 15 is 0 Å². The lowest BCUT2D eigenvalue weighted by Crippen LogP contribution is -2.27. The number of carbonyl (C=O) groups is 1. The number of hydrogen-bond donors (Lipinski definition) is 1. The molecule has 1 rings (SSSR count). The summed E-state index contributed by atoms with van der Waals surface area (Å²) in [7, 11) is 4.92. The van der Waals surface area contributed by atoms with E-state index in [9.17, 15) is 9.59 Å². The van der Waals surface area contributed by atoms with Crippen molar-refractivity contribution >= 4 is 23.2 Å². The van der Waals surface area contributed by atoms with Crippen LogP contribution in [0.5, 0.6) is 0 Å². The highest BCUT2D eigenvalue weighted by molar-refractivity contribution is 6.32. The van der Waals surface area contributed by atoms with Crippen LogP contribution in [0.3, 0.4) is 0 Å². The van der Waals surface area contributed by atoms with Crippen LogP contribution < -0.4 is 10.9 Å². The first kappa shape index (κ1) is 16.5. The monoisotopic (exact) mass is 302 g/mol. The minimum Gasteiger partial charge on any atom is -0.383 e. The molecule has 0 aliphatic rings. The first-order valence-electron chi connectivity index (χ1n) is 6.16. The van der Waals surface area contributed by atoms with Gasteiger partial charge in [-0.15, -0.1) is 0 Å². The number of hydrogen-bond acceptors (Lipinski definition) is 5. The minimum atomic E-state index is -0.382. The molecule has 1 aromatic rings. The maximum absolute atomic E-state index is 11.9. The van der Waals surface area contributed by atoms with Gasteiger partial charge in [-0.2, -0.15) is 5.10 Å². The quantitative estimate of drug-likeness (QED) is 0.790. The number of anilines is 1. The maximum Gasteiger partial charge on any atom is 0.287 e. The van der Waals surface area contributed by atoms with Crippen molar-refractivity contribution in [3.63, 3.8) is 0 Å². The molecule has 0 radical (unpaired) electrons. The van der Waals surface area contributed by atoms with Crippen LogP contribution in [0.4, 0.5) is 5.69 Å². The molecule has 1 heterocycles. The summed E-state index contributed by atoms with van der Waals surface area (Å²) in [6.07, 6.45) is 1.79. The summed E-state index contributed by atoms with van der Waals surface area (Å²) < 4.78 is 6.12. The molecule has 0 bridgehead atoms. The normalized spacial score (nSPS) is 10.4. The van der Waals surface area contributed by atoms with Gasteiger partial charge in [0.25, 0.3) is 5.56 Å². The van der Waals surface area contributed by atoms with Gasteiger partial charge in [0.05, 0.1) is 25.0 Å². The van der Waals surface area contributed by atoms with Gasteiger partial charge in [-0.05, 0) is 0 Å². The molecule has 112 valence electrons. The molecule has 8 heteroatoms. The van der Waals surface area contributed by atoms with Gasteiger partial charge in [0.2, 0.25) is 5.91 Å². The molecular weight excluding hydrogens is 284 g/mol. The molecule has 0 aromatic carbocycles. The van der Waals surface area contributed by atoms with Gasteiger partial charge >= 0.3 is 0 Å². The Kier molecular flexibility index (Phi) is 6.47. The summed E-state index contributed by atoms with van der Waals surface area (Å²) in [5.41, 5.74) is 0.0459. The fourth-order valence-electron chi connectivity index (χ4n) is 1.45. The zero-order chi connectivity index (χ0) is 15.1. The molecule has 0 aliphatic carbocycles. The molecule has 0 atom stereocenters. The Morgan fingerprint density at radius 2 is 2.25 bits per heavy atom. The average Bonchev–Trinajstić information content (AvgIpc) is 2.42. The zero-order valence-electron chi connectivity index (χ0n) is 11.9. The Bertz CT molecular complexity index is 516. The van der Waals surface area contributed by atoms with E-state index in [1.807, 2.05) is 0 Å². The van der Waals surface area contributed by atoms with E-state index in [1.165, 1.54) is 15.8 Å². The number of methoxy groups -OCH3 is 1. The van der Waals surface area contributed by atoms with Gasteiger partial charge in [0, 0.05) is 34.2 Å². The number of nitrogens with zero attached hydrogens (tertiary/aromatic N) is 3. The third-order valence-corrected chi connectivity index (χ3v) is 3.01. The van der Waals surface area contributed by atoms with Crippen molar-refractivity contribution in [3.05, 3.63) is 21.6 Å². The summed E-state index contributed by atoms with van der Waals surface area (Å²) >= 11 is 5.98. The number of nitrogens with one attached hydrogen (secondary N) is 1. The molecule has 0 saturated carbocycles. The van der Waals surface area contributed by atoms with Gasteiger partial charge < -0.3 is 15.0 Å². The van der Waals surface area contributed by atoms with Crippen molar-refractivity contribution in [2.24, 2.45) is 0 Å². The second-order valence-electron chi connectivity index (χ2n) is 4.36. The predicted molar refractivity (Wildman–Crippen MR) is 77.2 cm³/mol. The van der Waals surface area contributed by atoms with Crippen LogP contribution in [0.2, 0.25) is 5.02 Å². The highest BCUT2D eigenvalue weighted by Gasteiger charge is 2.10. The fourth-order valence-corrected chi connectivity index (χ4v) is 1.67. The van der Waals surface area contributed by atoms with Gasteiger partial charge in [-0.3, -0.25) is 9.59 Å². The Balaban J connectivity index is 2.66. The van der Waals surface area contributed by atoms with E-state index in [0.717, 1.165) is 0 Å². The molecule has 0 aliphatic heterocycles. The highest BCUT2D eigenvalue weighted by atomic mass is 35.5. The third-order valence-electron chi connectivity index (χ3n) is 2.65. The smallest absolute Gasteiger partial charge is 0.287 e. The van der Waals surface area contributed by atoms with E-state index < -0.39 is 0 Å². The number of aromatic nitrogens is 2. The molecule has 0 fully saturated rings. The largest absolute Gasteiger partial charge is 0.383 e. The van der Waals surface area contributed by atoms with Crippen LogP contribution in [0, 0.1) is 0 Å². The number of amides is 1. The molecule has 1 amide bonds. The Labute approximate surface area is 122 Å². The number of halogens is 1. The van der Waals surface area contributed by atoms with E-state index in [2.05, 4.69) is 10.4 Å². The lowest BCUT2D eigenvalue weighted by Gasteiger charge is -2.12. The summed E-state index contributed by atoms with van der Waals surface area (Å²) in [5, 5.41) is 6.99. The fraction of sp³-hybridized carbons (Fsp3) is 0.583. The highest BCUT2D eigenvalue weighted by Crippen LogP contribution is 2.14. The predicted octanol–water partition coefficient (Wildman–Crippen LogP) is 0.433. The molecule has 20 heavy (non-hydrogen) atoms. The first-order valence-corrected chi connectivity index (χ1v) is 6.53. The zero-order valence-corrected chi connectivity index (χ0v) is 12.6. The lowest BCUT2D eigenvalue weighted by atomic mass is 10.3. The molecule has 1 aromatic heterocycles. The molecule has 1 N–H and O–H groups in total. The van der Waals surface area contributed by atoms with Crippen molar-refractivity contribution in [1.82, 2.24) is 14.7 Å². The van der Waals surface area contributed by atoms with Crippen LogP contribution in [0.1, 0.15) is 6.42 Å².